The first-order valence-corrected chi connectivity index (χ1v) is 11.9. The molecule has 2 aromatic carbocycles. The summed E-state index contributed by atoms with van der Waals surface area (Å²) in [6.07, 6.45) is 3.20. The molecule has 0 atom stereocenters. The van der Waals surface area contributed by atoms with Crippen molar-refractivity contribution in [3.63, 3.8) is 0 Å². The molecule has 0 aromatic heterocycles. The standard InChI is InChI=1S/C24H23BrN2O6S/c1-4-10-33-22-18(25)11-15(12-19(22)32-5-2)13-20-23(29)27(24(30)34-20)14-21(28)26-16-6-8-17(31-3)9-7-16/h4,6-9,11-13H,1,5,10,14H2,2-3H3,(H,26,28)/b20-13+. The first-order chi connectivity index (χ1) is 16.4. The number of hydrogen-bond donors (Lipinski definition) is 1. The van der Waals surface area contributed by atoms with E-state index in [1.54, 1.807) is 55.7 Å². The number of ether oxygens (including phenoxy) is 3. The summed E-state index contributed by atoms with van der Waals surface area (Å²) < 4.78 is 17.0. The average Bonchev–Trinajstić information content (AvgIpc) is 3.06. The number of rotatable bonds is 10. The number of anilines is 1. The van der Waals surface area contributed by atoms with Gasteiger partial charge in [0.15, 0.2) is 11.5 Å². The molecule has 1 saturated heterocycles. The Morgan fingerprint density at radius 1 is 1.21 bits per heavy atom. The Labute approximate surface area is 210 Å². The average molecular weight is 547 g/mol. The lowest BCUT2D eigenvalue weighted by molar-refractivity contribution is -0.127. The van der Waals surface area contributed by atoms with E-state index in [4.69, 9.17) is 14.2 Å². The summed E-state index contributed by atoms with van der Waals surface area (Å²) in [5.74, 6) is 0.624. The third kappa shape index (κ3) is 6.21. The molecule has 1 N–H and O–H groups in total. The van der Waals surface area contributed by atoms with E-state index in [9.17, 15) is 14.4 Å². The van der Waals surface area contributed by atoms with Gasteiger partial charge >= 0.3 is 0 Å². The fourth-order valence-electron chi connectivity index (χ4n) is 3.02. The number of methoxy groups -OCH3 is 1. The lowest BCUT2D eigenvalue weighted by atomic mass is 10.2. The summed E-state index contributed by atoms with van der Waals surface area (Å²) >= 11 is 4.24. The minimum atomic E-state index is -0.541. The van der Waals surface area contributed by atoms with Crippen LogP contribution in [0.25, 0.3) is 6.08 Å². The highest BCUT2D eigenvalue weighted by Crippen LogP contribution is 2.39. The normalized spacial score (nSPS) is 14.3. The minimum absolute atomic E-state index is 0.205. The van der Waals surface area contributed by atoms with Crippen LogP contribution in [0.2, 0.25) is 0 Å². The van der Waals surface area contributed by atoms with Crippen LogP contribution < -0.4 is 19.5 Å². The Hall–Kier alpha value is -3.24. The van der Waals surface area contributed by atoms with Gasteiger partial charge in [-0.25, -0.2) is 0 Å². The number of nitrogens with one attached hydrogen (secondary N) is 1. The van der Waals surface area contributed by atoms with Gasteiger partial charge in [0, 0.05) is 5.69 Å². The fourth-order valence-corrected chi connectivity index (χ4v) is 4.44. The van der Waals surface area contributed by atoms with Crippen LogP contribution in [0.5, 0.6) is 17.2 Å². The van der Waals surface area contributed by atoms with Crippen LogP contribution in [0.1, 0.15) is 12.5 Å². The molecule has 1 fully saturated rings. The van der Waals surface area contributed by atoms with Crippen molar-refractivity contribution in [1.82, 2.24) is 4.90 Å². The predicted octanol–water partition coefficient (Wildman–Crippen LogP) is 5.10. The van der Waals surface area contributed by atoms with Crippen LogP contribution in [-0.4, -0.2) is 48.8 Å². The molecular formula is C24H23BrN2O6S. The number of imide groups is 1. The van der Waals surface area contributed by atoms with Crippen molar-refractivity contribution in [2.45, 2.75) is 6.92 Å². The number of thioether (sulfide) groups is 1. The van der Waals surface area contributed by atoms with Crippen molar-refractivity contribution >= 4 is 56.5 Å². The van der Waals surface area contributed by atoms with Gasteiger partial charge in [-0.2, -0.15) is 0 Å². The lowest BCUT2D eigenvalue weighted by Gasteiger charge is -2.14. The van der Waals surface area contributed by atoms with E-state index in [2.05, 4.69) is 27.8 Å². The third-order valence-corrected chi connectivity index (χ3v) is 6.02. The van der Waals surface area contributed by atoms with Gasteiger partial charge in [0.2, 0.25) is 5.91 Å². The lowest BCUT2D eigenvalue weighted by Crippen LogP contribution is -2.36. The van der Waals surface area contributed by atoms with Crippen molar-refractivity contribution in [2.75, 3.05) is 32.2 Å². The van der Waals surface area contributed by atoms with Crippen LogP contribution in [0.3, 0.4) is 0 Å². The molecule has 8 nitrogen and oxygen atoms in total. The first-order valence-electron chi connectivity index (χ1n) is 10.3. The van der Waals surface area contributed by atoms with Crippen molar-refractivity contribution in [1.29, 1.82) is 0 Å². The summed E-state index contributed by atoms with van der Waals surface area (Å²) in [5.41, 5.74) is 1.16. The number of hydrogen-bond acceptors (Lipinski definition) is 7. The molecule has 0 unspecified atom stereocenters. The summed E-state index contributed by atoms with van der Waals surface area (Å²) in [6, 6.07) is 10.2. The van der Waals surface area contributed by atoms with Gasteiger partial charge in [-0.3, -0.25) is 19.3 Å². The van der Waals surface area contributed by atoms with Crippen LogP contribution in [0.15, 0.2) is 58.4 Å². The van der Waals surface area contributed by atoms with Gasteiger partial charge in [-0.15, -0.1) is 0 Å². The smallest absolute Gasteiger partial charge is 0.294 e. The van der Waals surface area contributed by atoms with Gasteiger partial charge in [0.25, 0.3) is 11.1 Å². The Bertz CT molecular complexity index is 1130. The Morgan fingerprint density at radius 3 is 2.59 bits per heavy atom. The highest BCUT2D eigenvalue weighted by molar-refractivity contribution is 9.10. The van der Waals surface area contributed by atoms with Gasteiger partial charge < -0.3 is 19.5 Å². The summed E-state index contributed by atoms with van der Waals surface area (Å²) in [4.78, 5) is 38.8. The second-order valence-electron chi connectivity index (χ2n) is 6.91. The number of carbonyl (C=O) groups is 3. The van der Waals surface area contributed by atoms with E-state index >= 15 is 0 Å². The Kier molecular flexibility index (Phi) is 8.78. The molecule has 10 heteroatoms. The van der Waals surface area contributed by atoms with Gasteiger partial charge in [0.1, 0.15) is 18.9 Å². The molecule has 3 rings (SSSR count). The summed E-state index contributed by atoms with van der Waals surface area (Å²) in [5, 5.41) is 2.15. The van der Waals surface area contributed by atoms with Crippen LogP contribution in [0.4, 0.5) is 10.5 Å². The zero-order valence-corrected chi connectivity index (χ0v) is 21.0. The molecule has 0 spiro atoms. The number of nitrogens with zero attached hydrogens (tertiary/aromatic N) is 1. The maximum atomic E-state index is 12.8. The molecule has 0 radical (unpaired) electrons. The zero-order valence-electron chi connectivity index (χ0n) is 18.6. The van der Waals surface area contributed by atoms with E-state index in [1.165, 1.54) is 0 Å². The van der Waals surface area contributed by atoms with Crippen molar-refractivity contribution in [3.05, 3.63) is 64.0 Å². The second-order valence-corrected chi connectivity index (χ2v) is 8.75. The third-order valence-electron chi connectivity index (χ3n) is 4.52. The van der Waals surface area contributed by atoms with E-state index in [-0.39, 0.29) is 4.91 Å². The molecule has 3 amide bonds. The molecular weight excluding hydrogens is 524 g/mol. The fraction of sp³-hybridized carbons (Fsp3) is 0.208. The van der Waals surface area contributed by atoms with Crippen molar-refractivity contribution in [2.24, 2.45) is 0 Å². The zero-order chi connectivity index (χ0) is 24.7. The Balaban J connectivity index is 1.74. The van der Waals surface area contributed by atoms with Crippen LogP contribution in [0, 0.1) is 0 Å². The molecule has 178 valence electrons. The molecule has 0 saturated carbocycles. The number of amides is 3. The molecule has 1 aliphatic rings. The number of carbonyl (C=O) groups excluding carboxylic acids is 3. The number of halogens is 1. The maximum absolute atomic E-state index is 12.8. The van der Waals surface area contributed by atoms with Crippen molar-refractivity contribution in [3.8, 4) is 17.2 Å². The molecule has 34 heavy (non-hydrogen) atoms. The van der Waals surface area contributed by atoms with E-state index in [0.29, 0.717) is 46.2 Å². The first kappa shape index (κ1) is 25.4. The molecule has 1 aliphatic heterocycles. The van der Waals surface area contributed by atoms with E-state index < -0.39 is 23.6 Å². The van der Waals surface area contributed by atoms with Crippen molar-refractivity contribution < 1.29 is 28.6 Å². The quantitative estimate of drug-likeness (QED) is 0.327. The molecule has 1 heterocycles. The van der Waals surface area contributed by atoms with Gasteiger partial charge in [0.05, 0.1) is 23.1 Å². The van der Waals surface area contributed by atoms with Gasteiger partial charge in [-0.05, 0) is 82.7 Å². The largest absolute Gasteiger partial charge is 0.497 e. The minimum Gasteiger partial charge on any atom is -0.497 e. The summed E-state index contributed by atoms with van der Waals surface area (Å²) in [7, 11) is 1.54. The maximum Gasteiger partial charge on any atom is 0.294 e. The highest BCUT2D eigenvalue weighted by atomic mass is 79.9. The second kappa shape index (κ2) is 11.8. The van der Waals surface area contributed by atoms with Gasteiger partial charge in [-0.1, -0.05) is 12.7 Å². The Morgan fingerprint density at radius 2 is 1.94 bits per heavy atom. The monoisotopic (exact) mass is 546 g/mol. The summed E-state index contributed by atoms with van der Waals surface area (Å²) in [6.45, 7) is 5.81. The highest BCUT2D eigenvalue weighted by Gasteiger charge is 2.36. The number of benzene rings is 2. The van der Waals surface area contributed by atoms with Crippen LogP contribution in [-0.2, 0) is 9.59 Å². The molecule has 2 aromatic rings. The van der Waals surface area contributed by atoms with Crippen LogP contribution >= 0.6 is 27.7 Å². The predicted molar refractivity (Wildman–Crippen MR) is 135 cm³/mol. The molecule has 0 bridgehead atoms. The van der Waals surface area contributed by atoms with E-state index in [0.717, 1.165) is 16.7 Å². The SMILES string of the molecule is C=CCOc1c(Br)cc(/C=C2/SC(=O)N(CC(=O)Nc3ccc(OC)cc3)C2=O)cc1OCC. The molecule has 0 aliphatic carbocycles. The topological polar surface area (TPSA) is 94.2 Å². The van der Waals surface area contributed by atoms with E-state index in [1.807, 2.05) is 6.92 Å².